The van der Waals surface area contributed by atoms with Gasteiger partial charge < -0.3 is 18.7 Å². The van der Waals surface area contributed by atoms with Crippen LogP contribution >= 0.6 is 0 Å². The van der Waals surface area contributed by atoms with E-state index in [1.54, 1.807) is 6.07 Å². The van der Waals surface area contributed by atoms with Crippen molar-refractivity contribution in [3.05, 3.63) is 123 Å². The van der Waals surface area contributed by atoms with Gasteiger partial charge in [0.1, 0.15) is 17.2 Å². The lowest BCUT2D eigenvalue weighted by Gasteiger charge is -2.50. The van der Waals surface area contributed by atoms with Crippen molar-refractivity contribution in [1.82, 2.24) is 0 Å². The fourth-order valence-electron chi connectivity index (χ4n) is 6.87. The smallest absolute Gasteiger partial charge is 0.490 e. The van der Waals surface area contributed by atoms with Crippen LogP contribution in [-0.4, -0.2) is 38.5 Å². The highest BCUT2D eigenvalue weighted by Crippen LogP contribution is 2.50. The molecule has 4 aromatic rings. The summed E-state index contributed by atoms with van der Waals surface area (Å²) in [6.07, 6.45) is -43.4. The van der Waals surface area contributed by atoms with Crippen LogP contribution in [0.4, 0.5) is 105 Å². The monoisotopic (exact) mass is 1070 g/mol. The topological polar surface area (TPSA) is 36.9 Å². The molecule has 0 amide bonds. The maximum atomic E-state index is 14.8. The van der Waals surface area contributed by atoms with Crippen molar-refractivity contribution >= 4 is 7.32 Å². The fourth-order valence-corrected chi connectivity index (χ4v) is 6.87. The molecule has 30 heteroatoms. The van der Waals surface area contributed by atoms with Crippen molar-refractivity contribution in [2.45, 2.75) is 82.8 Å². The maximum Gasteiger partial charge on any atom is 0.864 e. The van der Waals surface area contributed by atoms with E-state index in [-0.39, 0.29) is 62.1 Å². The molecule has 0 N–H and O–H groups in total. The molecule has 71 heavy (non-hydrogen) atoms. The van der Waals surface area contributed by atoms with Crippen LogP contribution in [0.5, 0.6) is 17.2 Å². The number of benzene rings is 4. The summed E-state index contributed by atoms with van der Waals surface area (Å²) >= 11 is 0. The van der Waals surface area contributed by atoms with Crippen molar-refractivity contribution in [3.8, 4) is 17.2 Å². The molecular weight excluding hydrogens is 1040 g/mol. The van der Waals surface area contributed by atoms with E-state index >= 15 is 0 Å². The second-order valence-electron chi connectivity index (χ2n) is 14.8. The normalized spacial score (nSPS) is 14.3. The molecule has 0 fully saturated rings. The predicted molar refractivity (Wildman–Crippen MR) is 199 cm³/mol. The first-order valence-electron chi connectivity index (χ1n) is 19.4. The second kappa shape index (κ2) is 20.6. The van der Waals surface area contributed by atoms with Gasteiger partial charge in [-0.3, -0.25) is 4.48 Å². The number of quaternary nitrogens is 1. The standard InChI is InChI=1S/C33H29BF18NO4.C8H3F6/c1-6-53(7-2,8-3)27(4,54-5)26-24(33(50,51)52)15-21(32(47,48)49)16-25(26)57-34(55-22-11-17(28(35,36)37)9-18(12-22)29(38,39)40)56-23-13-19(30(41,42)43)10-20(14-23)31(44,45)46;9-7(10,11)5-2-1-3-6(4-5)8(12,13)14/h9-16H,6-8H2,1-5H3;2-4H/q+1;-1. The van der Waals surface area contributed by atoms with Gasteiger partial charge in [0.15, 0.2) is 0 Å². The highest BCUT2D eigenvalue weighted by molar-refractivity contribution is 6.39. The predicted octanol–water partition coefficient (Wildman–Crippen LogP) is 15.5. The molecule has 1 unspecified atom stereocenters. The zero-order chi connectivity index (χ0) is 54.9. The van der Waals surface area contributed by atoms with Crippen molar-refractivity contribution in [2.24, 2.45) is 0 Å². The van der Waals surface area contributed by atoms with Crippen LogP contribution in [0.2, 0.25) is 0 Å². The average molecular weight is 1070 g/mol. The second-order valence-corrected chi connectivity index (χ2v) is 14.8. The Labute approximate surface area is 385 Å². The maximum absolute atomic E-state index is 14.8. The highest BCUT2D eigenvalue weighted by Gasteiger charge is 2.55. The van der Waals surface area contributed by atoms with Crippen LogP contribution < -0.4 is 14.0 Å². The van der Waals surface area contributed by atoms with E-state index in [1.165, 1.54) is 20.8 Å². The zero-order valence-electron chi connectivity index (χ0n) is 36.2. The number of nitrogens with zero attached hydrogens (tertiary/aromatic N) is 1. The number of halogens is 24. The SMILES string of the molecule is CC[N+](CC)(CC)C(C)(OC)c1c(OB(Oc2cc(C(F)(F)F)cc(C(F)(F)F)c2)Oc2cc(C(F)(F)F)cc(C(F)(F)F)c2)cc(C(F)(F)F)cc1C(F)(F)F.FC(F)(F)c1c[c-]cc(C(F)(F)F)c1. The van der Waals surface area contributed by atoms with Crippen molar-refractivity contribution in [1.29, 1.82) is 0 Å². The Kier molecular flexibility index (Phi) is 17.4. The number of ether oxygens (including phenoxy) is 1. The highest BCUT2D eigenvalue weighted by atomic mass is 19.4. The van der Waals surface area contributed by atoms with E-state index in [4.69, 9.17) is 18.7 Å². The molecule has 5 nitrogen and oxygen atoms in total. The fraction of sp³-hybridized carbons (Fsp3) is 0.415. The molecule has 1 atom stereocenters. The van der Waals surface area contributed by atoms with E-state index in [2.05, 4.69) is 0 Å². The number of hydrogen-bond acceptors (Lipinski definition) is 4. The minimum absolute atomic E-state index is 0.0521. The summed E-state index contributed by atoms with van der Waals surface area (Å²) in [5.74, 6) is -4.86. The van der Waals surface area contributed by atoms with Gasteiger partial charge in [-0.1, -0.05) is 11.1 Å². The van der Waals surface area contributed by atoms with Crippen molar-refractivity contribution in [2.75, 3.05) is 26.7 Å². The van der Waals surface area contributed by atoms with Crippen LogP contribution in [0, 0.1) is 6.07 Å². The van der Waals surface area contributed by atoms with E-state index in [9.17, 15) is 105 Å². The minimum Gasteiger partial charge on any atom is -0.490 e. The summed E-state index contributed by atoms with van der Waals surface area (Å²) in [6.45, 7) is 4.91. The van der Waals surface area contributed by atoms with Crippen LogP contribution in [0.3, 0.4) is 0 Å². The molecule has 0 aliphatic rings. The van der Waals surface area contributed by atoms with Crippen molar-refractivity contribution in [3.63, 3.8) is 0 Å². The third-order valence-corrected chi connectivity index (χ3v) is 10.6. The molecule has 0 bridgehead atoms. The summed E-state index contributed by atoms with van der Waals surface area (Å²) in [5.41, 5.74) is -19.2. The summed E-state index contributed by atoms with van der Waals surface area (Å²) < 4.78 is 343. The van der Waals surface area contributed by atoms with Gasteiger partial charge in [-0.25, -0.2) is 0 Å². The Bertz CT molecular complexity index is 2270. The molecule has 0 heterocycles. The lowest BCUT2D eigenvalue weighted by Crippen LogP contribution is -2.62. The van der Waals surface area contributed by atoms with E-state index in [1.807, 2.05) is 0 Å². The quantitative estimate of drug-likeness (QED) is 0.0466. The molecule has 4 aromatic carbocycles. The Balaban J connectivity index is 0.000000814. The third kappa shape index (κ3) is 14.6. The van der Waals surface area contributed by atoms with Gasteiger partial charge in [-0.15, -0.1) is 6.07 Å². The van der Waals surface area contributed by atoms with Gasteiger partial charge in [-0.05, 0) is 69.3 Å². The lowest BCUT2D eigenvalue weighted by atomic mass is 9.90. The molecule has 396 valence electrons. The first-order chi connectivity index (χ1) is 31.9. The van der Waals surface area contributed by atoms with Crippen LogP contribution in [-0.2, 0) is 59.9 Å². The van der Waals surface area contributed by atoms with Gasteiger partial charge in [0, 0.05) is 14.0 Å². The van der Waals surface area contributed by atoms with Gasteiger partial charge >= 0.3 is 56.7 Å². The van der Waals surface area contributed by atoms with Crippen LogP contribution in [0.1, 0.15) is 77.8 Å². The molecule has 0 aliphatic heterocycles. The number of methoxy groups -OCH3 is 1. The Morgan fingerprint density at radius 3 is 0.972 bits per heavy atom. The third-order valence-electron chi connectivity index (χ3n) is 10.6. The summed E-state index contributed by atoms with van der Waals surface area (Å²) in [7, 11) is -2.50. The molecule has 4 rings (SSSR count). The Morgan fingerprint density at radius 1 is 0.408 bits per heavy atom. The zero-order valence-corrected chi connectivity index (χ0v) is 36.2. The molecule has 0 saturated carbocycles. The van der Waals surface area contributed by atoms with E-state index in [0.29, 0.717) is 12.1 Å². The van der Waals surface area contributed by atoms with Gasteiger partial charge in [0.25, 0.3) is 0 Å². The van der Waals surface area contributed by atoms with E-state index in [0.717, 1.165) is 14.0 Å². The van der Waals surface area contributed by atoms with Crippen LogP contribution in [0.25, 0.3) is 0 Å². The van der Waals surface area contributed by atoms with Crippen LogP contribution in [0.15, 0.2) is 66.7 Å². The van der Waals surface area contributed by atoms with Gasteiger partial charge in [0.05, 0.1) is 58.6 Å². The average Bonchev–Trinajstić information content (AvgIpc) is 3.21. The lowest BCUT2D eigenvalue weighted by molar-refractivity contribution is -1.00. The summed E-state index contributed by atoms with van der Waals surface area (Å²) in [4.78, 5) is 0. The number of hydrogen-bond donors (Lipinski definition) is 0. The first kappa shape index (κ1) is 59.9. The summed E-state index contributed by atoms with van der Waals surface area (Å²) in [6, 6.07) is 0.659. The summed E-state index contributed by atoms with van der Waals surface area (Å²) in [5, 5.41) is 0. The molecule has 0 aromatic heterocycles. The molecular formula is C41H32BF24NO4. The minimum atomic E-state index is -5.73. The Hall–Kier alpha value is -5.42. The number of rotatable bonds is 12. The van der Waals surface area contributed by atoms with Gasteiger partial charge in [-0.2, -0.15) is 124 Å². The molecule has 0 saturated heterocycles. The molecule has 0 radical (unpaired) electrons. The Morgan fingerprint density at radius 2 is 0.704 bits per heavy atom. The largest absolute Gasteiger partial charge is 0.864 e. The molecule has 0 aliphatic carbocycles. The van der Waals surface area contributed by atoms with E-state index < -0.39 is 146 Å². The first-order valence-corrected chi connectivity index (χ1v) is 19.4. The number of alkyl halides is 24. The van der Waals surface area contributed by atoms with Gasteiger partial charge in [0.2, 0.25) is 5.72 Å². The van der Waals surface area contributed by atoms with Crippen molar-refractivity contribution < 1.29 is 129 Å². The molecule has 0 spiro atoms.